The molecule has 2 fully saturated rings. The SMILES string of the molecule is COc1ccc([C@@]2(C(=O)O[C@H]3[C@H](O)[C@@H](CO)OC(O)[C@@H]3NC(C)=O)CCCN2OCc2ccccc2)cc1. The van der Waals surface area contributed by atoms with Crippen LogP contribution in [0.5, 0.6) is 5.75 Å². The van der Waals surface area contributed by atoms with Crippen LogP contribution in [-0.4, -0.2) is 83.2 Å². The van der Waals surface area contributed by atoms with E-state index in [2.05, 4.69) is 5.32 Å². The summed E-state index contributed by atoms with van der Waals surface area (Å²) in [5.41, 5.74) is 0.112. The van der Waals surface area contributed by atoms with Crippen LogP contribution >= 0.6 is 0 Å². The van der Waals surface area contributed by atoms with Gasteiger partial charge in [-0.15, -0.1) is 0 Å². The lowest BCUT2D eigenvalue weighted by molar-refractivity contribution is -0.268. The number of esters is 1. The maximum absolute atomic E-state index is 14.1. The fourth-order valence-electron chi connectivity index (χ4n) is 5.01. The lowest BCUT2D eigenvalue weighted by Gasteiger charge is -2.44. The number of hydroxylamine groups is 2. The van der Waals surface area contributed by atoms with Crippen molar-refractivity contribution in [3.8, 4) is 5.75 Å². The number of carbonyl (C=O) groups is 2. The first kappa shape index (κ1) is 28.0. The normalized spacial score (nSPS) is 29.6. The van der Waals surface area contributed by atoms with Crippen molar-refractivity contribution in [2.45, 2.75) is 62.6 Å². The summed E-state index contributed by atoms with van der Waals surface area (Å²) in [6, 6.07) is 15.2. The van der Waals surface area contributed by atoms with Gasteiger partial charge in [0.1, 0.15) is 24.0 Å². The molecule has 2 heterocycles. The largest absolute Gasteiger partial charge is 0.497 e. The fourth-order valence-corrected chi connectivity index (χ4v) is 5.01. The summed E-state index contributed by atoms with van der Waals surface area (Å²) in [7, 11) is 1.54. The second-order valence-corrected chi connectivity index (χ2v) is 9.39. The van der Waals surface area contributed by atoms with Gasteiger partial charge in [0.2, 0.25) is 5.91 Å². The van der Waals surface area contributed by atoms with Crippen molar-refractivity contribution in [3.05, 3.63) is 65.7 Å². The third-order valence-electron chi connectivity index (χ3n) is 6.95. The zero-order valence-electron chi connectivity index (χ0n) is 21.4. The maximum Gasteiger partial charge on any atom is 0.333 e. The van der Waals surface area contributed by atoms with Crippen LogP contribution in [0.15, 0.2) is 54.6 Å². The third kappa shape index (κ3) is 5.68. The highest BCUT2D eigenvalue weighted by Crippen LogP contribution is 2.42. The molecule has 4 rings (SSSR count). The van der Waals surface area contributed by atoms with Crippen molar-refractivity contribution in [2.24, 2.45) is 0 Å². The number of aliphatic hydroxyl groups excluding tert-OH is 3. The van der Waals surface area contributed by atoms with E-state index in [4.69, 9.17) is 19.0 Å². The average Bonchev–Trinajstić information content (AvgIpc) is 3.36. The number of hydrogen-bond donors (Lipinski definition) is 4. The Morgan fingerprint density at radius 1 is 1.13 bits per heavy atom. The summed E-state index contributed by atoms with van der Waals surface area (Å²) in [4.78, 5) is 32.1. The molecule has 11 nitrogen and oxygen atoms in total. The van der Waals surface area contributed by atoms with Crippen molar-refractivity contribution >= 4 is 11.9 Å². The second kappa shape index (κ2) is 12.2. The minimum atomic E-state index is -1.62. The van der Waals surface area contributed by atoms with Gasteiger partial charge in [-0.25, -0.2) is 4.79 Å². The van der Waals surface area contributed by atoms with Crippen molar-refractivity contribution in [3.63, 3.8) is 0 Å². The standard InChI is InChI=1S/C27H34N2O9/c1-17(31)28-22-24(23(32)21(15-30)37-25(22)33)38-26(34)27(19-9-11-20(35-2)12-10-19)13-6-14-29(27)36-16-18-7-4-3-5-8-18/h3-5,7-12,21-25,30,32-33H,6,13-16H2,1-2H3,(H,28,31)/t21-,22-,23-,24-,25?,27-/m1/s1. The van der Waals surface area contributed by atoms with Crippen LogP contribution in [0.2, 0.25) is 0 Å². The first-order valence-corrected chi connectivity index (χ1v) is 12.5. The lowest BCUT2D eigenvalue weighted by Crippen LogP contribution is -2.66. The van der Waals surface area contributed by atoms with Gasteiger partial charge in [0.05, 0.1) is 20.3 Å². The number of carbonyl (C=O) groups excluding carboxylic acids is 2. The summed E-state index contributed by atoms with van der Waals surface area (Å²) in [5, 5.41) is 35.1. The van der Waals surface area contributed by atoms with Crippen LogP contribution in [0.25, 0.3) is 0 Å². The Morgan fingerprint density at radius 3 is 2.47 bits per heavy atom. The molecule has 0 saturated carbocycles. The molecular weight excluding hydrogens is 496 g/mol. The Morgan fingerprint density at radius 2 is 1.84 bits per heavy atom. The second-order valence-electron chi connectivity index (χ2n) is 9.39. The van der Waals surface area contributed by atoms with E-state index in [0.717, 1.165) is 5.56 Å². The van der Waals surface area contributed by atoms with Crippen LogP contribution in [0.1, 0.15) is 30.9 Å². The van der Waals surface area contributed by atoms with E-state index in [1.54, 1.807) is 36.4 Å². The van der Waals surface area contributed by atoms with Gasteiger partial charge < -0.3 is 34.8 Å². The Balaban J connectivity index is 1.68. The predicted molar refractivity (Wildman–Crippen MR) is 133 cm³/mol. The number of hydrogen-bond acceptors (Lipinski definition) is 10. The highest BCUT2D eigenvalue weighted by atomic mass is 16.7. The number of benzene rings is 2. The van der Waals surface area contributed by atoms with Gasteiger partial charge in [-0.05, 0) is 36.1 Å². The summed E-state index contributed by atoms with van der Waals surface area (Å²) in [6.07, 6.45) is -4.80. The number of nitrogens with one attached hydrogen (secondary N) is 1. The fraction of sp³-hybridized carbons (Fsp3) is 0.481. The zero-order chi connectivity index (χ0) is 27.3. The summed E-state index contributed by atoms with van der Waals surface area (Å²) in [6.45, 7) is 1.24. The van der Waals surface area contributed by atoms with E-state index >= 15 is 0 Å². The lowest BCUT2D eigenvalue weighted by atomic mass is 9.87. The van der Waals surface area contributed by atoms with E-state index < -0.39 is 54.7 Å². The van der Waals surface area contributed by atoms with Gasteiger partial charge >= 0.3 is 5.97 Å². The molecule has 206 valence electrons. The highest BCUT2D eigenvalue weighted by molar-refractivity contribution is 5.83. The minimum absolute atomic E-state index is 0.214. The van der Waals surface area contributed by atoms with Crippen LogP contribution in [0.3, 0.4) is 0 Å². The van der Waals surface area contributed by atoms with E-state index in [9.17, 15) is 24.9 Å². The van der Waals surface area contributed by atoms with E-state index in [1.807, 2.05) is 30.3 Å². The smallest absolute Gasteiger partial charge is 0.333 e. The molecular formula is C27H34N2O9. The molecule has 0 aromatic heterocycles. The van der Waals surface area contributed by atoms with Gasteiger partial charge in [-0.1, -0.05) is 42.5 Å². The molecule has 2 aliphatic heterocycles. The van der Waals surface area contributed by atoms with Gasteiger partial charge in [-0.2, -0.15) is 5.06 Å². The van der Waals surface area contributed by atoms with Gasteiger partial charge in [-0.3, -0.25) is 9.63 Å². The number of methoxy groups -OCH3 is 1. The Hall–Kier alpha value is -3.06. The Bertz CT molecular complexity index is 1080. The Kier molecular flexibility index (Phi) is 8.98. The summed E-state index contributed by atoms with van der Waals surface area (Å²) in [5.74, 6) is -0.656. The van der Waals surface area contributed by atoms with E-state index in [0.29, 0.717) is 30.7 Å². The zero-order valence-corrected chi connectivity index (χ0v) is 21.4. The monoisotopic (exact) mass is 530 g/mol. The first-order chi connectivity index (χ1) is 18.3. The van der Waals surface area contributed by atoms with Crippen molar-refractivity contribution in [1.29, 1.82) is 0 Å². The molecule has 2 aliphatic rings. The molecule has 11 heteroatoms. The molecule has 6 atom stereocenters. The molecule has 1 amide bonds. The summed E-state index contributed by atoms with van der Waals surface area (Å²) < 4.78 is 16.4. The first-order valence-electron chi connectivity index (χ1n) is 12.5. The maximum atomic E-state index is 14.1. The van der Waals surface area contributed by atoms with Crippen molar-refractivity contribution < 1.29 is 44.0 Å². The summed E-state index contributed by atoms with van der Waals surface area (Å²) >= 11 is 0. The van der Waals surface area contributed by atoms with Gasteiger partial charge in [0, 0.05) is 13.5 Å². The van der Waals surface area contributed by atoms with Crippen LogP contribution in [0, 0.1) is 0 Å². The van der Waals surface area contributed by atoms with Gasteiger partial charge in [0.25, 0.3) is 0 Å². The quantitative estimate of drug-likeness (QED) is 0.340. The predicted octanol–water partition coefficient (Wildman–Crippen LogP) is 0.605. The third-order valence-corrected chi connectivity index (χ3v) is 6.95. The minimum Gasteiger partial charge on any atom is -0.497 e. The van der Waals surface area contributed by atoms with E-state index in [1.165, 1.54) is 6.92 Å². The molecule has 2 aromatic rings. The molecule has 0 aliphatic carbocycles. The van der Waals surface area contributed by atoms with Crippen molar-refractivity contribution in [1.82, 2.24) is 10.4 Å². The molecule has 2 aromatic carbocycles. The number of ether oxygens (including phenoxy) is 3. The molecule has 0 bridgehead atoms. The molecule has 38 heavy (non-hydrogen) atoms. The topological polar surface area (TPSA) is 147 Å². The van der Waals surface area contributed by atoms with Crippen molar-refractivity contribution in [2.75, 3.05) is 20.3 Å². The van der Waals surface area contributed by atoms with Gasteiger partial charge in [0.15, 0.2) is 17.9 Å². The molecule has 2 saturated heterocycles. The molecule has 0 spiro atoms. The highest BCUT2D eigenvalue weighted by Gasteiger charge is 2.55. The molecule has 1 unspecified atom stereocenters. The van der Waals surface area contributed by atoms with Crippen LogP contribution < -0.4 is 10.1 Å². The number of amides is 1. The molecule has 4 N–H and O–H groups in total. The van der Waals surface area contributed by atoms with Crippen LogP contribution in [-0.2, 0) is 36.0 Å². The number of aliphatic hydroxyl groups is 3. The Labute approximate surface area is 220 Å². The number of rotatable bonds is 9. The average molecular weight is 531 g/mol. The van der Waals surface area contributed by atoms with Crippen LogP contribution in [0.4, 0.5) is 0 Å². The van der Waals surface area contributed by atoms with E-state index in [-0.39, 0.29) is 6.61 Å². The molecule has 0 radical (unpaired) electrons. The number of nitrogens with zero attached hydrogens (tertiary/aromatic N) is 1.